The number of amides is 1. The largest absolute Gasteiger partial charge is 0.478 e. The van der Waals surface area contributed by atoms with Gasteiger partial charge in [0.1, 0.15) is 0 Å². The number of hydrogen-bond acceptors (Lipinski definition) is 3. The van der Waals surface area contributed by atoms with E-state index in [-0.39, 0.29) is 23.1 Å². The summed E-state index contributed by atoms with van der Waals surface area (Å²) in [4.78, 5) is 22.1. The van der Waals surface area contributed by atoms with E-state index in [1.807, 2.05) is 6.92 Å². The number of halogens is 1. The van der Waals surface area contributed by atoms with Crippen LogP contribution >= 0.6 is 11.6 Å². The van der Waals surface area contributed by atoms with Crippen LogP contribution in [0.5, 0.6) is 0 Å². The lowest BCUT2D eigenvalue weighted by atomic mass is 10.1. The average Bonchev–Trinajstić information content (AvgIpc) is 2.28. The van der Waals surface area contributed by atoms with E-state index < -0.39 is 5.97 Å². The van der Waals surface area contributed by atoms with E-state index in [1.165, 1.54) is 19.1 Å². The molecule has 1 aromatic carbocycles. The fourth-order valence-electron chi connectivity index (χ4n) is 1.43. The first-order chi connectivity index (χ1) is 8.45. The van der Waals surface area contributed by atoms with E-state index in [1.54, 1.807) is 0 Å². The van der Waals surface area contributed by atoms with Gasteiger partial charge in [0, 0.05) is 13.5 Å². The zero-order chi connectivity index (χ0) is 13.7. The highest BCUT2D eigenvalue weighted by Gasteiger charge is 2.14. The first kappa shape index (κ1) is 14.5. The Bertz CT molecular complexity index is 473. The summed E-state index contributed by atoms with van der Waals surface area (Å²) in [5, 5.41) is 11.8. The van der Waals surface area contributed by atoms with E-state index in [0.29, 0.717) is 17.9 Å². The minimum absolute atomic E-state index is 0.0718. The van der Waals surface area contributed by atoms with Crippen molar-refractivity contribution in [3.05, 3.63) is 28.3 Å². The molecule has 0 fully saturated rings. The summed E-state index contributed by atoms with van der Waals surface area (Å²) in [6, 6.07) is 2.83. The minimum Gasteiger partial charge on any atom is -0.478 e. The van der Waals surface area contributed by atoms with E-state index in [0.717, 1.165) is 0 Å². The van der Waals surface area contributed by atoms with Crippen molar-refractivity contribution in [3.8, 4) is 0 Å². The molecule has 0 aliphatic carbocycles. The lowest BCUT2D eigenvalue weighted by Crippen LogP contribution is -2.10. The number of ether oxygens (including phenoxy) is 1. The van der Waals surface area contributed by atoms with Gasteiger partial charge < -0.3 is 15.2 Å². The number of hydrogen-bond donors (Lipinski definition) is 2. The van der Waals surface area contributed by atoms with Gasteiger partial charge >= 0.3 is 5.97 Å². The molecule has 0 aliphatic heterocycles. The molecular formula is C12H14ClNO4. The molecule has 0 saturated carbocycles. The third-order valence-corrected chi connectivity index (χ3v) is 2.51. The van der Waals surface area contributed by atoms with Crippen LogP contribution in [-0.2, 0) is 16.1 Å². The molecule has 0 aromatic heterocycles. The van der Waals surface area contributed by atoms with Gasteiger partial charge in [-0.3, -0.25) is 4.79 Å². The minimum atomic E-state index is -1.08. The summed E-state index contributed by atoms with van der Waals surface area (Å²) in [7, 11) is 0. The van der Waals surface area contributed by atoms with Crippen LogP contribution in [0.1, 0.15) is 29.8 Å². The van der Waals surface area contributed by atoms with Gasteiger partial charge in [-0.05, 0) is 24.6 Å². The predicted octanol–water partition coefficient (Wildman–Crippen LogP) is 2.53. The predicted molar refractivity (Wildman–Crippen MR) is 68.0 cm³/mol. The molecule has 1 rings (SSSR count). The monoisotopic (exact) mass is 271 g/mol. The zero-order valence-corrected chi connectivity index (χ0v) is 10.9. The molecule has 5 nitrogen and oxygen atoms in total. The van der Waals surface area contributed by atoms with Crippen molar-refractivity contribution in [2.75, 3.05) is 11.9 Å². The van der Waals surface area contributed by atoms with Gasteiger partial charge in [0.25, 0.3) is 0 Å². The van der Waals surface area contributed by atoms with Gasteiger partial charge in [0.05, 0.1) is 22.9 Å². The molecule has 18 heavy (non-hydrogen) atoms. The highest BCUT2D eigenvalue weighted by Crippen LogP contribution is 2.27. The van der Waals surface area contributed by atoms with Crippen molar-refractivity contribution >= 4 is 29.2 Å². The van der Waals surface area contributed by atoms with Gasteiger partial charge in [0.15, 0.2) is 0 Å². The Morgan fingerprint density at radius 2 is 2.11 bits per heavy atom. The van der Waals surface area contributed by atoms with Crippen molar-refractivity contribution in [1.29, 1.82) is 0 Å². The Hall–Kier alpha value is -1.59. The molecule has 6 heteroatoms. The van der Waals surface area contributed by atoms with Gasteiger partial charge in [-0.1, -0.05) is 11.6 Å². The Morgan fingerprint density at radius 1 is 1.44 bits per heavy atom. The van der Waals surface area contributed by atoms with Crippen molar-refractivity contribution < 1.29 is 19.4 Å². The van der Waals surface area contributed by atoms with Crippen molar-refractivity contribution in [2.45, 2.75) is 20.5 Å². The summed E-state index contributed by atoms with van der Waals surface area (Å²) in [5.41, 5.74) is 0.920. The fourth-order valence-corrected chi connectivity index (χ4v) is 1.64. The number of aromatic carboxylic acids is 1. The number of carbonyl (C=O) groups is 2. The Morgan fingerprint density at radius 3 is 2.61 bits per heavy atom. The zero-order valence-electron chi connectivity index (χ0n) is 10.1. The second kappa shape index (κ2) is 6.37. The first-order valence-corrected chi connectivity index (χ1v) is 5.74. The lowest BCUT2D eigenvalue weighted by Gasteiger charge is -2.11. The summed E-state index contributed by atoms with van der Waals surface area (Å²) < 4.78 is 5.19. The fraction of sp³-hybridized carbons (Fsp3) is 0.333. The molecule has 98 valence electrons. The van der Waals surface area contributed by atoms with Crippen molar-refractivity contribution in [1.82, 2.24) is 0 Å². The Labute approximate surface area is 110 Å². The average molecular weight is 272 g/mol. The van der Waals surface area contributed by atoms with Crippen LogP contribution in [0.25, 0.3) is 0 Å². The summed E-state index contributed by atoms with van der Waals surface area (Å²) in [5.74, 6) is -1.36. The van der Waals surface area contributed by atoms with Crippen LogP contribution < -0.4 is 5.32 Å². The topological polar surface area (TPSA) is 75.6 Å². The maximum Gasteiger partial charge on any atom is 0.336 e. The van der Waals surface area contributed by atoms with Crippen LogP contribution in [-0.4, -0.2) is 23.6 Å². The molecule has 0 saturated heterocycles. The SMILES string of the molecule is CCOCc1cc(NC(C)=O)c(Cl)cc1C(=O)O. The lowest BCUT2D eigenvalue weighted by molar-refractivity contribution is -0.114. The highest BCUT2D eigenvalue weighted by molar-refractivity contribution is 6.34. The second-order valence-electron chi connectivity index (χ2n) is 3.61. The Kier molecular flexibility index (Phi) is 5.12. The quantitative estimate of drug-likeness (QED) is 0.863. The van der Waals surface area contributed by atoms with E-state index >= 15 is 0 Å². The number of carbonyl (C=O) groups excluding carboxylic acids is 1. The van der Waals surface area contributed by atoms with E-state index in [2.05, 4.69) is 5.32 Å². The molecule has 0 aliphatic rings. The number of anilines is 1. The van der Waals surface area contributed by atoms with Crippen molar-refractivity contribution in [2.24, 2.45) is 0 Å². The maximum absolute atomic E-state index is 11.1. The van der Waals surface area contributed by atoms with Gasteiger partial charge in [-0.2, -0.15) is 0 Å². The van der Waals surface area contributed by atoms with Gasteiger partial charge in [-0.15, -0.1) is 0 Å². The number of carboxylic acid groups (broad SMARTS) is 1. The molecule has 1 aromatic rings. The van der Waals surface area contributed by atoms with Crippen LogP contribution in [0, 0.1) is 0 Å². The van der Waals surface area contributed by atoms with Crippen LogP contribution in [0.15, 0.2) is 12.1 Å². The second-order valence-corrected chi connectivity index (χ2v) is 4.02. The van der Waals surface area contributed by atoms with Crippen molar-refractivity contribution in [3.63, 3.8) is 0 Å². The smallest absolute Gasteiger partial charge is 0.336 e. The third kappa shape index (κ3) is 3.72. The molecular weight excluding hydrogens is 258 g/mol. The normalized spacial score (nSPS) is 10.2. The number of rotatable bonds is 5. The molecule has 0 spiro atoms. The maximum atomic E-state index is 11.1. The van der Waals surface area contributed by atoms with E-state index in [9.17, 15) is 9.59 Å². The number of benzene rings is 1. The van der Waals surface area contributed by atoms with Gasteiger partial charge in [0.2, 0.25) is 5.91 Å². The molecule has 0 atom stereocenters. The Balaban J connectivity index is 3.17. The van der Waals surface area contributed by atoms with E-state index in [4.69, 9.17) is 21.4 Å². The highest BCUT2D eigenvalue weighted by atomic mass is 35.5. The summed E-state index contributed by atoms with van der Waals surface area (Å²) >= 11 is 5.90. The molecule has 2 N–H and O–H groups in total. The molecule has 0 unspecified atom stereocenters. The number of carboxylic acids is 1. The molecule has 0 heterocycles. The third-order valence-electron chi connectivity index (χ3n) is 2.20. The summed E-state index contributed by atoms with van der Waals surface area (Å²) in [6.07, 6.45) is 0. The molecule has 1 amide bonds. The van der Waals surface area contributed by atoms with Crippen LogP contribution in [0.4, 0.5) is 5.69 Å². The van der Waals surface area contributed by atoms with Crippen LogP contribution in [0.2, 0.25) is 5.02 Å². The standard InChI is InChI=1S/C12H14ClNO4/c1-3-18-6-8-4-11(14-7(2)15)10(13)5-9(8)12(16)17/h4-5H,3,6H2,1-2H3,(H,14,15)(H,16,17). The molecule has 0 bridgehead atoms. The first-order valence-electron chi connectivity index (χ1n) is 5.36. The van der Waals surface area contributed by atoms with Gasteiger partial charge in [-0.25, -0.2) is 4.79 Å². The number of nitrogens with one attached hydrogen (secondary N) is 1. The van der Waals surface area contributed by atoms with Crippen LogP contribution in [0.3, 0.4) is 0 Å². The molecule has 0 radical (unpaired) electrons. The summed E-state index contributed by atoms with van der Waals surface area (Å²) in [6.45, 7) is 3.79.